The molecule has 1 fully saturated rings. The van der Waals surface area contributed by atoms with Crippen molar-refractivity contribution in [1.82, 2.24) is 14.8 Å². The molecule has 0 radical (unpaired) electrons. The number of carbonyl (C=O) groups excluding carboxylic acids is 1. The third kappa shape index (κ3) is 3.78. The Morgan fingerprint density at radius 1 is 1.26 bits per heavy atom. The summed E-state index contributed by atoms with van der Waals surface area (Å²) in [7, 11) is 0. The molecule has 1 N–H and O–H groups in total. The molecule has 1 aliphatic rings. The molecule has 1 atom stereocenters. The number of piperazine rings is 1. The molecular formula is C17H21N3O3. The predicted octanol–water partition coefficient (Wildman–Crippen LogP) is 1.48. The average Bonchev–Trinajstić information content (AvgIpc) is 3.09. The fourth-order valence-corrected chi connectivity index (χ4v) is 2.83. The lowest BCUT2D eigenvalue weighted by Gasteiger charge is -2.35. The number of oxazole rings is 1. The van der Waals surface area contributed by atoms with E-state index in [9.17, 15) is 9.90 Å². The number of nitrogens with zero attached hydrogens (tertiary/aromatic N) is 3. The van der Waals surface area contributed by atoms with Crippen molar-refractivity contribution >= 4 is 5.91 Å². The molecule has 6 nitrogen and oxygen atoms in total. The van der Waals surface area contributed by atoms with E-state index >= 15 is 0 Å². The van der Waals surface area contributed by atoms with Crippen LogP contribution in [-0.2, 0) is 0 Å². The van der Waals surface area contributed by atoms with Gasteiger partial charge in [0.05, 0.1) is 12.3 Å². The summed E-state index contributed by atoms with van der Waals surface area (Å²) in [5.41, 5.74) is 1.58. The number of carbonyl (C=O) groups is 1. The molecule has 2 aromatic rings. The Labute approximate surface area is 135 Å². The number of aromatic nitrogens is 1. The minimum Gasteiger partial charge on any atom is -0.444 e. The van der Waals surface area contributed by atoms with Gasteiger partial charge < -0.3 is 14.4 Å². The Morgan fingerprint density at radius 3 is 2.52 bits per heavy atom. The monoisotopic (exact) mass is 315 g/mol. The first-order valence-corrected chi connectivity index (χ1v) is 7.82. The van der Waals surface area contributed by atoms with Gasteiger partial charge in [0.25, 0.3) is 5.91 Å². The number of hydrogen-bond acceptors (Lipinski definition) is 5. The Balaban J connectivity index is 1.60. The second-order valence-electron chi connectivity index (χ2n) is 5.88. The van der Waals surface area contributed by atoms with Crippen molar-refractivity contribution in [3.63, 3.8) is 0 Å². The molecule has 1 aromatic heterocycles. The Hall–Kier alpha value is -2.18. The van der Waals surface area contributed by atoms with E-state index in [4.69, 9.17) is 4.42 Å². The van der Waals surface area contributed by atoms with E-state index < -0.39 is 0 Å². The zero-order valence-corrected chi connectivity index (χ0v) is 13.2. The van der Waals surface area contributed by atoms with Crippen molar-refractivity contribution in [2.24, 2.45) is 0 Å². The number of rotatable bonds is 4. The normalized spacial score (nSPS) is 17.2. The molecule has 0 saturated carbocycles. The molecular weight excluding hydrogens is 294 g/mol. The van der Waals surface area contributed by atoms with Crippen molar-refractivity contribution < 1.29 is 14.3 Å². The van der Waals surface area contributed by atoms with Crippen molar-refractivity contribution in [2.75, 3.05) is 32.7 Å². The van der Waals surface area contributed by atoms with Crippen LogP contribution in [0.5, 0.6) is 0 Å². The lowest BCUT2D eigenvalue weighted by atomic mass is 10.1. The van der Waals surface area contributed by atoms with E-state index in [1.807, 2.05) is 29.2 Å². The first-order valence-electron chi connectivity index (χ1n) is 7.82. The second-order valence-corrected chi connectivity index (χ2v) is 5.88. The van der Waals surface area contributed by atoms with Gasteiger partial charge in [0, 0.05) is 43.9 Å². The third-order valence-corrected chi connectivity index (χ3v) is 4.03. The van der Waals surface area contributed by atoms with Crippen LogP contribution in [0.4, 0.5) is 0 Å². The molecule has 0 spiro atoms. The maximum absolute atomic E-state index is 12.5. The van der Waals surface area contributed by atoms with Crippen molar-refractivity contribution in [2.45, 2.75) is 13.0 Å². The van der Waals surface area contributed by atoms with Gasteiger partial charge in [-0.3, -0.25) is 9.69 Å². The van der Waals surface area contributed by atoms with Gasteiger partial charge in [0.1, 0.15) is 0 Å². The minimum atomic E-state index is -0.333. The molecule has 6 heteroatoms. The van der Waals surface area contributed by atoms with E-state index in [1.165, 1.54) is 6.39 Å². The highest BCUT2D eigenvalue weighted by atomic mass is 16.3. The molecule has 0 bridgehead atoms. The average molecular weight is 315 g/mol. The van der Waals surface area contributed by atoms with Crippen LogP contribution in [0.2, 0.25) is 0 Å². The first kappa shape index (κ1) is 15.7. The van der Waals surface area contributed by atoms with E-state index in [2.05, 4.69) is 9.88 Å². The first-order chi connectivity index (χ1) is 11.1. The highest BCUT2D eigenvalue weighted by Gasteiger charge is 2.22. The van der Waals surface area contributed by atoms with Gasteiger partial charge in [-0.15, -0.1) is 0 Å². The zero-order valence-electron chi connectivity index (χ0n) is 13.2. The van der Waals surface area contributed by atoms with Gasteiger partial charge in [-0.1, -0.05) is 12.1 Å². The summed E-state index contributed by atoms with van der Waals surface area (Å²) in [6, 6.07) is 7.39. The van der Waals surface area contributed by atoms with Crippen LogP contribution in [0.25, 0.3) is 11.3 Å². The Kier molecular flexibility index (Phi) is 4.73. The summed E-state index contributed by atoms with van der Waals surface area (Å²) in [4.78, 5) is 20.5. The van der Waals surface area contributed by atoms with Crippen LogP contribution >= 0.6 is 0 Å². The third-order valence-electron chi connectivity index (χ3n) is 4.03. The number of benzene rings is 1. The molecule has 1 amide bonds. The van der Waals surface area contributed by atoms with Crippen molar-refractivity contribution in [3.05, 3.63) is 42.4 Å². The number of hydrogen-bond donors (Lipinski definition) is 1. The van der Waals surface area contributed by atoms with Gasteiger partial charge in [0.2, 0.25) is 0 Å². The fraction of sp³-hybridized carbons (Fsp3) is 0.412. The predicted molar refractivity (Wildman–Crippen MR) is 86.0 cm³/mol. The second kappa shape index (κ2) is 6.93. The molecule has 1 aromatic carbocycles. The maximum atomic E-state index is 12.5. The molecule has 122 valence electrons. The summed E-state index contributed by atoms with van der Waals surface area (Å²) in [6.07, 6.45) is 2.71. The van der Waals surface area contributed by atoms with Gasteiger partial charge >= 0.3 is 0 Å². The highest BCUT2D eigenvalue weighted by molar-refractivity contribution is 5.94. The summed E-state index contributed by atoms with van der Waals surface area (Å²) in [5.74, 6) is 0.738. The fourth-order valence-electron chi connectivity index (χ4n) is 2.83. The number of β-amino-alcohol motifs (C(OH)–C–C–N with tert-alkyl or cyclic N) is 1. The van der Waals surface area contributed by atoms with E-state index in [-0.39, 0.29) is 12.0 Å². The van der Waals surface area contributed by atoms with Crippen molar-refractivity contribution in [3.8, 4) is 11.3 Å². The zero-order chi connectivity index (χ0) is 16.2. The Morgan fingerprint density at radius 2 is 1.96 bits per heavy atom. The van der Waals surface area contributed by atoms with Crippen LogP contribution in [0.1, 0.15) is 17.3 Å². The summed E-state index contributed by atoms with van der Waals surface area (Å²) >= 11 is 0. The van der Waals surface area contributed by atoms with Gasteiger partial charge in [0.15, 0.2) is 12.2 Å². The number of amides is 1. The smallest absolute Gasteiger partial charge is 0.253 e. The van der Waals surface area contributed by atoms with Gasteiger partial charge in [-0.05, 0) is 19.1 Å². The van der Waals surface area contributed by atoms with Crippen molar-refractivity contribution in [1.29, 1.82) is 0 Å². The van der Waals surface area contributed by atoms with Crippen LogP contribution in [0, 0.1) is 0 Å². The molecule has 23 heavy (non-hydrogen) atoms. The molecule has 0 aliphatic carbocycles. The van der Waals surface area contributed by atoms with E-state index in [1.54, 1.807) is 13.1 Å². The van der Waals surface area contributed by atoms with Crippen LogP contribution in [-0.4, -0.2) is 64.6 Å². The van der Waals surface area contributed by atoms with Crippen LogP contribution < -0.4 is 0 Å². The van der Waals surface area contributed by atoms with E-state index in [0.29, 0.717) is 31.0 Å². The number of aliphatic hydroxyl groups excluding tert-OH is 1. The summed E-state index contributed by atoms with van der Waals surface area (Å²) in [6.45, 7) is 5.42. The topological polar surface area (TPSA) is 69.8 Å². The van der Waals surface area contributed by atoms with Gasteiger partial charge in [-0.25, -0.2) is 4.98 Å². The highest BCUT2D eigenvalue weighted by Crippen LogP contribution is 2.19. The van der Waals surface area contributed by atoms with E-state index in [0.717, 1.165) is 18.7 Å². The van der Waals surface area contributed by atoms with Gasteiger partial charge in [-0.2, -0.15) is 0 Å². The molecule has 2 heterocycles. The molecule has 1 saturated heterocycles. The molecule has 3 rings (SSSR count). The minimum absolute atomic E-state index is 0.0471. The summed E-state index contributed by atoms with van der Waals surface area (Å²) < 4.78 is 5.25. The van der Waals surface area contributed by atoms with Crippen LogP contribution in [0.15, 0.2) is 41.3 Å². The number of aliphatic hydroxyl groups is 1. The standard InChI is InChI=1S/C17H21N3O3/c1-13(21)11-19-6-8-20(9-7-19)17(22)15-4-2-14(3-5-15)16-10-18-12-23-16/h2-5,10,12-13,21H,6-9,11H2,1H3. The largest absolute Gasteiger partial charge is 0.444 e. The molecule has 1 unspecified atom stereocenters. The lowest BCUT2D eigenvalue weighted by Crippen LogP contribution is -2.50. The Bertz CT molecular complexity index is 630. The molecule has 1 aliphatic heterocycles. The lowest BCUT2D eigenvalue weighted by molar-refractivity contribution is 0.0554. The summed E-state index contributed by atoms with van der Waals surface area (Å²) in [5, 5.41) is 9.43. The maximum Gasteiger partial charge on any atom is 0.253 e. The quantitative estimate of drug-likeness (QED) is 0.925. The van der Waals surface area contributed by atoms with Crippen LogP contribution in [0.3, 0.4) is 0 Å². The SMILES string of the molecule is CC(O)CN1CCN(C(=O)c2ccc(-c3cnco3)cc2)CC1.